The van der Waals surface area contributed by atoms with E-state index >= 15 is 0 Å². The summed E-state index contributed by atoms with van der Waals surface area (Å²) in [6.45, 7) is 4.46. The van der Waals surface area contributed by atoms with Gasteiger partial charge in [0.1, 0.15) is 27.1 Å². The maximum atomic E-state index is 13.3. The molecule has 0 saturated carbocycles. The Morgan fingerprint density at radius 1 is 0.978 bits per heavy atom. The maximum Gasteiger partial charge on any atom is 0.416 e. The summed E-state index contributed by atoms with van der Waals surface area (Å²) in [6, 6.07) is 21.6. The molecular formula is C33H31ClF3N5O2S2. The summed E-state index contributed by atoms with van der Waals surface area (Å²) in [5, 5.41) is 2.96. The number of alkyl halides is 3. The van der Waals surface area contributed by atoms with Crippen LogP contribution in [-0.2, 0) is 35.0 Å². The lowest BCUT2D eigenvalue weighted by Crippen LogP contribution is -2.46. The molecule has 0 aliphatic carbocycles. The van der Waals surface area contributed by atoms with Crippen LogP contribution in [0, 0.1) is 0 Å². The van der Waals surface area contributed by atoms with Crippen molar-refractivity contribution in [2.24, 2.45) is 0 Å². The van der Waals surface area contributed by atoms with Crippen LogP contribution in [0.25, 0.3) is 11.3 Å². The number of hydrogen-bond donors (Lipinski definition) is 1. The number of aromatic nitrogens is 1. The van der Waals surface area contributed by atoms with E-state index in [1.54, 1.807) is 28.6 Å². The molecule has 6 rings (SSSR count). The minimum absolute atomic E-state index is 0.158. The van der Waals surface area contributed by atoms with Crippen molar-refractivity contribution in [3.8, 4) is 11.3 Å². The van der Waals surface area contributed by atoms with Crippen LogP contribution in [0.2, 0.25) is 4.34 Å². The number of halogens is 4. The molecule has 0 radical (unpaired) electrons. The van der Waals surface area contributed by atoms with Crippen LogP contribution in [0.1, 0.15) is 16.7 Å². The molecule has 4 heterocycles. The molecule has 2 unspecified atom stereocenters. The van der Waals surface area contributed by atoms with Gasteiger partial charge in [0.05, 0.1) is 15.6 Å². The molecule has 1 saturated heterocycles. The highest BCUT2D eigenvalue weighted by Gasteiger charge is 2.32. The molecule has 0 bridgehead atoms. The molecule has 7 nitrogen and oxygen atoms in total. The number of amides is 1. The second-order valence-corrected chi connectivity index (χ2v) is 14.4. The Morgan fingerprint density at radius 2 is 1.72 bits per heavy atom. The number of anilines is 1. The zero-order valence-electron chi connectivity index (χ0n) is 24.6. The summed E-state index contributed by atoms with van der Waals surface area (Å²) in [6.07, 6.45) is -0.907. The number of carbonyl (C=O) groups is 1. The van der Waals surface area contributed by atoms with Crippen molar-refractivity contribution in [1.82, 2.24) is 19.5 Å². The van der Waals surface area contributed by atoms with E-state index in [1.165, 1.54) is 29.0 Å². The number of nitrogens with one attached hydrogen (secondary N) is 1. The van der Waals surface area contributed by atoms with Crippen LogP contribution in [0.15, 0.2) is 95.2 Å². The lowest BCUT2D eigenvalue weighted by molar-refractivity contribution is -0.137. The van der Waals surface area contributed by atoms with Gasteiger partial charge >= 0.3 is 6.18 Å². The summed E-state index contributed by atoms with van der Waals surface area (Å²) in [4.78, 5) is 22.7. The summed E-state index contributed by atoms with van der Waals surface area (Å²) in [5.74, 6) is 0.382. The van der Waals surface area contributed by atoms with Crippen molar-refractivity contribution >= 4 is 45.6 Å². The standard InChI is InChI=1S/C33H31ClF3N5O2S2/c34-29-12-13-31(45-29)46(44)42-14-4-7-28(42)32(43)38-21-24-19-27(25-8-10-26(11-9-25)33(35,36)37)39-30(20-24)41-17-15-40(16-18-41)22-23-5-2-1-3-6-23/h1-13,19-20,28H,14-18,21-22H2,(H,38,43). The van der Waals surface area contributed by atoms with Gasteiger partial charge in [-0.2, -0.15) is 17.5 Å². The predicted molar refractivity (Wildman–Crippen MR) is 176 cm³/mol. The van der Waals surface area contributed by atoms with Gasteiger partial charge in [0.2, 0.25) is 5.91 Å². The lowest BCUT2D eigenvalue weighted by atomic mass is 10.1. The third-order valence-electron chi connectivity index (χ3n) is 7.91. The molecule has 1 amide bonds. The second kappa shape index (κ2) is 14.1. The molecule has 46 heavy (non-hydrogen) atoms. The number of carbonyl (C=O) groups excluding carboxylic acids is 1. The monoisotopic (exact) mass is 685 g/mol. The highest BCUT2D eigenvalue weighted by atomic mass is 35.5. The highest BCUT2D eigenvalue weighted by Crippen LogP contribution is 2.32. The van der Waals surface area contributed by atoms with Crippen LogP contribution in [0.4, 0.5) is 19.0 Å². The third-order valence-corrected chi connectivity index (χ3v) is 10.9. The fourth-order valence-electron chi connectivity index (χ4n) is 5.48. The van der Waals surface area contributed by atoms with E-state index in [9.17, 15) is 22.2 Å². The third kappa shape index (κ3) is 7.69. The van der Waals surface area contributed by atoms with Crippen molar-refractivity contribution in [3.63, 3.8) is 0 Å². The van der Waals surface area contributed by atoms with Crippen molar-refractivity contribution in [1.29, 1.82) is 0 Å². The van der Waals surface area contributed by atoms with Gasteiger partial charge in [0, 0.05) is 51.4 Å². The fraction of sp³-hybridized carbons (Fsp3) is 0.273. The Hall–Kier alpha value is -3.55. The quantitative estimate of drug-likeness (QED) is 0.207. The van der Waals surface area contributed by atoms with E-state index in [4.69, 9.17) is 16.6 Å². The SMILES string of the molecule is O=C(NCc1cc(-c2ccc(C(F)(F)F)cc2)nc(N2CCN(Cc3ccccc3)CC2)c1)C1C=CCN1S(=O)c1ccc(Cl)s1. The first-order chi connectivity index (χ1) is 22.1. The Labute approximate surface area is 276 Å². The van der Waals surface area contributed by atoms with Crippen molar-refractivity contribution < 1.29 is 22.2 Å². The van der Waals surface area contributed by atoms with Crippen LogP contribution in [0.3, 0.4) is 0 Å². The molecule has 0 spiro atoms. The number of hydrogen-bond acceptors (Lipinski definition) is 6. The van der Waals surface area contributed by atoms with Crippen LogP contribution >= 0.6 is 22.9 Å². The number of pyridine rings is 1. The van der Waals surface area contributed by atoms with Crippen molar-refractivity contribution in [2.45, 2.75) is 29.5 Å². The first kappa shape index (κ1) is 32.4. The molecule has 2 aromatic carbocycles. The van der Waals surface area contributed by atoms with E-state index in [2.05, 4.69) is 27.2 Å². The average molecular weight is 686 g/mol. The number of rotatable bonds is 9. The highest BCUT2D eigenvalue weighted by molar-refractivity contribution is 7.85. The fourth-order valence-corrected chi connectivity index (χ4v) is 8.25. The van der Waals surface area contributed by atoms with Gasteiger partial charge in [-0.05, 0) is 47.5 Å². The lowest BCUT2D eigenvalue weighted by Gasteiger charge is -2.35. The van der Waals surface area contributed by atoms with Crippen molar-refractivity contribution in [3.05, 3.63) is 112 Å². The van der Waals surface area contributed by atoms with Gasteiger partial charge in [-0.1, -0.05) is 66.2 Å². The predicted octanol–water partition coefficient (Wildman–Crippen LogP) is 6.38. The average Bonchev–Trinajstić information content (AvgIpc) is 3.73. The zero-order chi connectivity index (χ0) is 32.3. The Balaban J connectivity index is 1.19. The topological polar surface area (TPSA) is 68.8 Å². The smallest absolute Gasteiger partial charge is 0.354 e. The number of nitrogens with zero attached hydrogens (tertiary/aromatic N) is 4. The Kier molecular flexibility index (Phi) is 9.90. The summed E-state index contributed by atoms with van der Waals surface area (Å²) < 4.78 is 55.6. The minimum atomic E-state index is -4.44. The molecule has 2 aliphatic rings. The molecule has 2 aliphatic heterocycles. The van der Waals surface area contributed by atoms with Crippen LogP contribution < -0.4 is 10.2 Å². The van der Waals surface area contributed by atoms with E-state index in [1.807, 2.05) is 30.3 Å². The summed E-state index contributed by atoms with van der Waals surface area (Å²) in [5.41, 5.74) is 2.32. The summed E-state index contributed by atoms with van der Waals surface area (Å²) >= 11 is 7.24. The zero-order valence-corrected chi connectivity index (χ0v) is 27.0. The van der Waals surface area contributed by atoms with Gasteiger partial charge in [0.15, 0.2) is 0 Å². The first-order valence-corrected chi connectivity index (χ1v) is 17.0. The van der Waals surface area contributed by atoms with Gasteiger partial charge in [-0.25, -0.2) is 9.19 Å². The molecule has 4 aromatic rings. The number of piperazine rings is 1. The second-order valence-electron chi connectivity index (χ2n) is 11.0. The Bertz CT molecular complexity index is 1730. The first-order valence-electron chi connectivity index (χ1n) is 14.7. The van der Waals surface area contributed by atoms with Crippen LogP contribution in [-0.4, -0.2) is 63.1 Å². The van der Waals surface area contributed by atoms with E-state index in [0.29, 0.717) is 32.2 Å². The van der Waals surface area contributed by atoms with Gasteiger partial charge in [-0.15, -0.1) is 11.3 Å². The Morgan fingerprint density at radius 3 is 2.39 bits per heavy atom. The molecule has 2 aromatic heterocycles. The van der Waals surface area contributed by atoms with E-state index in [0.717, 1.165) is 50.4 Å². The van der Waals surface area contributed by atoms with Crippen LogP contribution in [0.5, 0.6) is 0 Å². The largest absolute Gasteiger partial charge is 0.416 e. The van der Waals surface area contributed by atoms with Gasteiger partial charge < -0.3 is 10.2 Å². The summed E-state index contributed by atoms with van der Waals surface area (Å²) in [7, 11) is -1.55. The number of benzene rings is 2. The van der Waals surface area contributed by atoms with Crippen molar-refractivity contribution in [2.75, 3.05) is 37.6 Å². The van der Waals surface area contributed by atoms with E-state index < -0.39 is 28.8 Å². The van der Waals surface area contributed by atoms with E-state index in [-0.39, 0.29) is 12.5 Å². The van der Waals surface area contributed by atoms with Gasteiger partial charge in [-0.3, -0.25) is 9.69 Å². The minimum Gasteiger partial charge on any atom is -0.354 e. The normalized spacial score (nSPS) is 18.2. The number of thiophene rings is 1. The molecular weight excluding hydrogens is 655 g/mol. The molecule has 13 heteroatoms. The molecule has 2 atom stereocenters. The molecule has 240 valence electrons. The maximum absolute atomic E-state index is 13.3. The molecule has 1 N–H and O–H groups in total. The molecule has 1 fully saturated rings. The van der Waals surface area contributed by atoms with Gasteiger partial charge in [0.25, 0.3) is 0 Å².